The van der Waals surface area contributed by atoms with Gasteiger partial charge in [0.25, 0.3) is 0 Å². The normalized spacial score (nSPS) is 14.7. The molecule has 0 aliphatic heterocycles. The molecule has 0 rings (SSSR count). The lowest BCUT2D eigenvalue weighted by molar-refractivity contribution is -0.144. The fourth-order valence-electron chi connectivity index (χ4n) is 1.89. The monoisotopic (exact) mass is 404 g/mol. The van der Waals surface area contributed by atoms with Crippen molar-refractivity contribution in [2.24, 2.45) is 5.73 Å². The first-order valence-electron chi connectivity index (χ1n) is 8.18. The van der Waals surface area contributed by atoms with Gasteiger partial charge in [-0.15, -0.1) is 0 Å². The highest BCUT2D eigenvalue weighted by atomic mass is 16.4. The third-order valence-electron chi connectivity index (χ3n) is 3.44. The zero-order valence-electron chi connectivity index (χ0n) is 15.3. The number of nitrogens with two attached hydrogens (primary N) is 1. The van der Waals surface area contributed by atoms with Gasteiger partial charge in [-0.25, -0.2) is 4.79 Å². The van der Waals surface area contributed by atoms with Crippen molar-refractivity contribution < 1.29 is 44.1 Å². The summed E-state index contributed by atoms with van der Waals surface area (Å²) in [6.07, 6.45) is -1.64. The second kappa shape index (κ2) is 11.5. The average molecular weight is 404 g/mol. The zero-order valence-corrected chi connectivity index (χ0v) is 15.3. The topological polar surface area (TPSA) is 225 Å². The third kappa shape index (κ3) is 9.47. The number of nitrogens with one attached hydrogen (secondary N) is 3. The molecular weight excluding hydrogens is 380 g/mol. The van der Waals surface area contributed by atoms with Crippen molar-refractivity contribution in [2.75, 3.05) is 0 Å². The minimum atomic E-state index is -1.51. The van der Waals surface area contributed by atoms with Crippen molar-refractivity contribution in [1.82, 2.24) is 16.0 Å². The molecule has 0 bridgehead atoms. The van der Waals surface area contributed by atoms with Crippen LogP contribution in [0.25, 0.3) is 0 Å². The Morgan fingerprint density at radius 2 is 1.32 bits per heavy atom. The highest BCUT2D eigenvalue weighted by molar-refractivity contribution is 5.95. The van der Waals surface area contributed by atoms with E-state index in [1.165, 1.54) is 13.8 Å². The molecular formula is C15H24N4O9. The minimum Gasteiger partial charge on any atom is -0.481 e. The SMILES string of the molecule is CC(N)C(=O)NC(CC(=O)O)C(=O)NC(C)C(=O)NC(CCC(=O)O)C(=O)O. The molecule has 0 aliphatic carbocycles. The summed E-state index contributed by atoms with van der Waals surface area (Å²) in [4.78, 5) is 68.3. The molecule has 0 aromatic carbocycles. The molecule has 158 valence electrons. The van der Waals surface area contributed by atoms with E-state index in [2.05, 4.69) is 16.0 Å². The predicted octanol–water partition coefficient (Wildman–Crippen LogP) is -2.77. The fourth-order valence-corrected chi connectivity index (χ4v) is 1.89. The van der Waals surface area contributed by atoms with Crippen LogP contribution in [-0.4, -0.2) is 75.1 Å². The summed E-state index contributed by atoms with van der Waals surface area (Å²) in [5.74, 6) is -6.79. The molecule has 13 heteroatoms. The summed E-state index contributed by atoms with van der Waals surface area (Å²) in [6, 6.07) is -5.29. The van der Waals surface area contributed by atoms with Gasteiger partial charge in [0, 0.05) is 6.42 Å². The summed E-state index contributed by atoms with van der Waals surface area (Å²) >= 11 is 0. The summed E-state index contributed by atoms with van der Waals surface area (Å²) in [5, 5.41) is 32.8. The van der Waals surface area contributed by atoms with E-state index in [-0.39, 0.29) is 6.42 Å². The van der Waals surface area contributed by atoms with Gasteiger partial charge in [-0.1, -0.05) is 0 Å². The number of carboxylic acid groups (broad SMARTS) is 3. The van der Waals surface area contributed by atoms with E-state index in [4.69, 9.17) is 21.1 Å². The Morgan fingerprint density at radius 3 is 1.75 bits per heavy atom. The lowest BCUT2D eigenvalue weighted by Crippen LogP contribution is -2.56. The van der Waals surface area contributed by atoms with Crippen LogP contribution in [0.4, 0.5) is 0 Å². The predicted molar refractivity (Wildman–Crippen MR) is 91.9 cm³/mol. The van der Waals surface area contributed by atoms with Gasteiger partial charge < -0.3 is 37.0 Å². The second-order valence-corrected chi connectivity index (χ2v) is 6.01. The molecule has 0 aromatic heterocycles. The number of amides is 3. The average Bonchev–Trinajstić information content (AvgIpc) is 2.56. The van der Waals surface area contributed by atoms with Gasteiger partial charge in [0.2, 0.25) is 17.7 Å². The maximum atomic E-state index is 12.2. The Kier molecular flexibility index (Phi) is 10.2. The van der Waals surface area contributed by atoms with Crippen molar-refractivity contribution in [3.8, 4) is 0 Å². The summed E-state index contributed by atoms with van der Waals surface area (Å²) in [5.41, 5.74) is 5.34. The Morgan fingerprint density at radius 1 is 0.786 bits per heavy atom. The van der Waals surface area contributed by atoms with Crippen LogP contribution in [0.2, 0.25) is 0 Å². The number of carboxylic acids is 3. The highest BCUT2D eigenvalue weighted by Crippen LogP contribution is 2.00. The first-order valence-corrected chi connectivity index (χ1v) is 8.18. The lowest BCUT2D eigenvalue weighted by atomic mass is 10.1. The van der Waals surface area contributed by atoms with Crippen molar-refractivity contribution >= 4 is 35.6 Å². The summed E-state index contributed by atoms with van der Waals surface area (Å²) < 4.78 is 0. The van der Waals surface area contributed by atoms with E-state index < -0.39 is 72.6 Å². The number of hydrogen-bond donors (Lipinski definition) is 7. The molecule has 0 aromatic rings. The van der Waals surface area contributed by atoms with Gasteiger partial charge in [-0.2, -0.15) is 0 Å². The molecule has 28 heavy (non-hydrogen) atoms. The van der Waals surface area contributed by atoms with Crippen molar-refractivity contribution in [2.45, 2.75) is 57.3 Å². The van der Waals surface area contributed by atoms with Gasteiger partial charge >= 0.3 is 17.9 Å². The van der Waals surface area contributed by atoms with Crippen molar-refractivity contribution in [3.05, 3.63) is 0 Å². The van der Waals surface area contributed by atoms with E-state index in [1.807, 2.05) is 0 Å². The van der Waals surface area contributed by atoms with Gasteiger partial charge in [0.05, 0.1) is 12.5 Å². The molecule has 0 saturated heterocycles. The van der Waals surface area contributed by atoms with Gasteiger partial charge in [0.15, 0.2) is 0 Å². The van der Waals surface area contributed by atoms with E-state index in [0.717, 1.165) is 0 Å². The summed E-state index contributed by atoms with van der Waals surface area (Å²) in [7, 11) is 0. The highest BCUT2D eigenvalue weighted by Gasteiger charge is 2.29. The Hall–Kier alpha value is -3.22. The van der Waals surface area contributed by atoms with Crippen LogP contribution in [0.1, 0.15) is 33.1 Å². The fraction of sp³-hybridized carbons (Fsp3) is 0.600. The van der Waals surface area contributed by atoms with Gasteiger partial charge in [-0.3, -0.25) is 24.0 Å². The second-order valence-electron chi connectivity index (χ2n) is 6.01. The van der Waals surface area contributed by atoms with Crippen LogP contribution in [0.3, 0.4) is 0 Å². The molecule has 0 radical (unpaired) electrons. The van der Waals surface area contributed by atoms with E-state index in [0.29, 0.717) is 0 Å². The van der Waals surface area contributed by atoms with Crippen LogP contribution in [0.5, 0.6) is 0 Å². The van der Waals surface area contributed by atoms with Crippen LogP contribution >= 0.6 is 0 Å². The molecule has 0 saturated carbocycles. The van der Waals surface area contributed by atoms with E-state index >= 15 is 0 Å². The maximum Gasteiger partial charge on any atom is 0.326 e. The van der Waals surface area contributed by atoms with Crippen LogP contribution in [0, 0.1) is 0 Å². The van der Waals surface area contributed by atoms with Gasteiger partial charge in [-0.05, 0) is 20.3 Å². The first kappa shape index (κ1) is 24.8. The van der Waals surface area contributed by atoms with Crippen LogP contribution in [0.15, 0.2) is 0 Å². The third-order valence-corrected chi connectivity index (χ3v) is 3.44. The molecule has 0 heterocycles. The minimum absolute atomic E-state index is 0.372. The molecule has 0 spiro atoms. The van der Waals surface area contributed by atoms with Crippen LogP contribution in [-0.2, 0) is 28.8 Å². The lowest BCUT2D eigenvalue weighted by Gasteiger charge is -2.22. The molecule has 3 amide bonds. The Balaban J connectivity index is 4.98. The quantitative estimate of drug-likeness (QED) is 0.177. The van der Waals surface area contributed by atoms with Gasteiger partial charge in [0.1, 0.15) is 18.1 Å². The Labute approximate surface area is 159 Å². The van der Waals surface area contributed by atoms with Crippen molar-refractivity contribution in [1.29, 1.82) is 0 Å². The Bertz CT molecular complexity index is 635. The molecule has 0 fully saturated rings. The molecule has 8 N–H and O–H groups in total. The van der Waals surface area contributed by atoms with Crippen molar-refractivity contribution in [3.63, 3.8) is 0 Å². The van der Waals surface area contributed by atoms with E-state index in [9.17, 15) is 28.8 Å². The first-order chi connectivity index (χ1) is 12.8. The number of carbonyl (C=O) groups is 6. The molecule has 13 nitrogen and oxygen atoms in total. The number of hydrogen-bond acceptors (Lipinski definition) is 7. The maximum absolute atomic E-state index is 12.2. The molecule has 4 unspecified atom stereocenters. The van der Waals surface area contributed by atoms with Crippen LogP contribution < -0.4 is 21.7 Å². The zero-order chi connectivity index (χ0) is 22.0. The number of rotatable bonds is 12. The molecule has 4 atom stereocenters. The number of carbonyl (C=O) groups excluding carboxylic acids is 3. The smallest absolute Gasteiger partial charge is 0.326 e. The molecule has 0 aliphatic rings. The summed E-state index contributed by atoms with van der Waals surface area (Å²) in [6.45, 7) is 2.53. The number of aliphatic carboxylic acids is 3. The standard InChI is InChI=1S/C15H24N4O9/c1-6(16)12(24)19-9(5-11(22)23)14(26)17-7(2)13(25)18-8(15(27)28)3-4-10(20)21/h6-9H,3-5,16H2,1-2H3,(H,17,26)(H,18,25)(H,19,24)(H,20,21)(H,22,23)(H,27,28). The largest absolute Gasteiger partial charge is 0.481 e. The van der Waals surface area contributed by atoms with E-state index in [1.54, 1.807) is 0 Å².